The van der Waals surface area contributed by atoms with Crippen LogP contribution in [0.2, 0.25) is 0 Å². The van der Waals surface area contributed by atoms with Gasteiger partial charge in [-0.05, 0) is 63.1 Å². The first-order valence-corrected chi connectivity index (χ1v) is 9.39. The van der Waals surface area contributed by atoms with Crippen molar-refractivity contribution in [2.45, 2.75) is 27.2 Å². The Hall–Kier alpha value is -3.21. The summed E-state index contributed by atoms with van der Waals surface area (Å²) in [6, 6.07) is 9.20. The molecule has 152 valence electrons. The number of ether oxygens (including phenoxy) is 3. The Morgan fingerprint density at radius 3 is 2.28 bits per heavy atom. The third-order valence-electron chi connectivity index (χ3n) is 4.78. The van der Waals surface area contributed by atoms with Crippen LogP contribution in [-0.4, -0.2) is 21.3 Å². The molecule has 29 heavy (non-hydrogen) atoms. The van der Waals surface area contributed by atoms with E-state index in [1.807, 2.05) is 51.1 Å². The minimum atomic E-state index is -0.0922. The third-order valence-corrected chi connectivity index (χ3v) is 4.78. The summed E-state index contributed by atoms with van der Waals surface area (Å²) in [7, 11) is 4.73. The van der Waals surface area contributed by atoms with Crippen LogP contribution in [0.4, 0.5) is 0 Å². The van der Waals surface area contributed by atoms with Gasteiger partial charge in [-0.15, -0.1) is 0 Å². The van der Waals surface area contributed by atoms with Crippen LogP contribution in [0.5, 0.6) is 17.2 Å². The number of rotatable bonds is 6. The number of fused-ring (bicyclic) bond motifs is 1. The quantitative estimate of drug-likeness (QED) is 0.531. The molecule has 0 saturated carbocycles. The summed E-state index contributed by atoms with van der Waals surface area (Å²) >= 11 is 0. The lowest BCUT2D eigenvalue weighted by atomic mass is 10.00. The Kier molecular flexibility index (Phi) is 5.97. The molecule has 5 heteroatoms. The van der Waals surface area contributed by atoms with Crippen molar-refractivity contribution >= 4 is 11.0 Å². The zero-order valence-electron chi connectivity index (χ0n) is 17.7. The second-order valence-electron chi connectivity index (χ2n) is 7.13. The van der Waals surface area contributed by atoms with Crippen LogP contribution in [0.3, 0.4) is 0 Å². The molecule has 3 aromatic rings. The van der Waals surface area contributed by atoms with Gasteiger partial charge >= 0.3 is 0 Å². The highest BCUT2D eigenvalue weighted by atomic mass is 16.5. The maximum absolute atomic E-state index is 13.5. The van der Waals surface area contributed by atoms with Crippen molar-refractivity contribution in [1.29, 1.82) is 0 Å². The lowest BCUT2D eigenvalue weighted by Crippen LogP contribution is -2.12. The molecule has 1 heterocycles. The molecular formula is C24H26O5. The average molecular weight is 394 g/mol. The number of methoxy groups -OCH3 is 3. The molecule has 2 aromatic carbocycles. The van der Waals surface area contributed by atoms with Crippen LogP contribution in [0.15, 0.2) is 51.2 Å². The predicted octanol–water partition coefficient (Wildman–Crippen LogP) is 5.30. The van der Waals surface area contributed by atoms with E-state index in [1.54, 1.807) is 27.4 Å². The molecule has 0 amide bonds. The summed E-state index contributed by atoms with van der Waals surface area (Å²) < 4.78 is 22.5. The van der Waals surface area contributed by atoms with E-state index in [0.29, 0.717) is 46.0 Å². The van der Waals surface area contributed by atoms with Gasteiger partial charge in [0.05, 0.1) is 21.3 Å². The van der Waals surface area contributed by atoms with Crippen LogP contribution in [0.25, 0.3) is 22.3 Å². The number of allylic oxidation sites excluding steroid dienone is 2. The van der Waals surface area contributed by atoms with Crippen molar-refractivity contribution in [3.8, 4) is 28.6 Å². The molecule has 0 fully saturated rings. The van der Waals surface area contributed by atoms with Gasteiger partial charge in [-0.3, -0.25) is 4.79 Å². The topological polar surface area (TPSA) is 57.9 Å². The molecule has 0 saturated heterocycles. The summed E-state index contributed by atoms with van der Waals surface area (Å²) in [5.74, 6) is 2.23. The molecule has 3 rings (SSSR count). The van der Waals surface area contributed by atoms with Crippen LogP contribution < -0.4 is 19.6 Å². The molecule has 0 bridgehead atoms. The first-order valence-electron chi connectivity index (χ1n) is 9.39. The van der Waals surface area contributed by atoms with Crippen molar-refractivity contribution in [3.05, 3.63) is 63.3 Å². The fourth-order valence-electron chi connectivity index (χ4n) is 3.31. The Bertz CT molecular complexity index is 1130. The van der Waals surface area contributed by atoms with Crippen LogP contribution in [-0.2, 0) is 6.42 Å². The highest BCUT2D eigenvalue weighted by Gasteiger charge is 2.20. The van der Waals surface area contributed by atoms with Gasteiger partial charge in [0.15, 0.2) is 11.5 Å². The summed E-state index contributed by atoms with van der Waals surface area (Å²) in [6.07, 6.45) is 2.48. The van der Waals surface area contributed by atoms with Gasteiger partial charge in [-0.1, -0.05) is 11.6 Å². The number of benzene rings is 2. The minimum Gasteiger partial charge on any atom is -0.496 e. The molecular weight excluding hydrogens is 368 g/mol. The number of hydrogen-bond acceptors (Lipinski definition) is 5. The van der Waals surface area contributed by atoms with E-state index >= 15 is 0 Å². The molecule has 0 N–H and O–H groups in total. The normalized spacial score (nSPS) is 10.7. The summed E-state index contributed by atoms with van der Waals surface area (Å²) in [4.78, 5) is 13.5. The number of aryl methyl sites for hydroxylation is 1. The van der Waals surface area contributed by atoms with E-state index in [0.717, 1.165) is 16.7 Å². The van der Waals surface area contributed by atoms with E-state index in [1.165, 1.54) is 0 Å². The molecule has 0 radical (unpaired) electrons. The van der Waals surface area contributed by atoms with Crippen molar-refractivity contribution in [2.24, 2.45) is 0 Å². The van der Waals surface area contributed by atoms with Gasteiger partial charge in [0, 0.05) is 11.1 Å². The molecule has 0 aliphatic carbocycles. The molecule has 0 aliphatic heterocycles. The second kappa shape index (κ2) is 8.43. The lowest BCUT2D eigenvalue weighted by Gasteiger charge is -2.14. The second-order valence-corrected chi connectivity index (χ2v) is 7.13. The Balaban J connectivity index is 2.37. The maximum Gasteiger partial charge on any atom is 0.200 e. The molecule has 0 aliphatic rings. The summed E-state index contributed by atoms with van der Waals surface area (Å²) in [5.41, 5.74) is 3.81. The predicted molar refractivity (Wildman–Crippen MR) is 115 cm³/mol. The summed E-state index contributed by atoms with van der Waals surface area (Å²) in [5, 5.41) is 0.458. The molecule has 5 nitrogen and oxygen atoms in total. The third kappa shape index (κ3) is 3.99. The Morgan fingerprint density at radius 1 is 0.966 bits per heavy atom. The lowest BCUT2D eigenvalue weighted by molar-refractivity contribution is 0.355. The molecule has 0 spiro atoms. The highest BCUT2D eigenvalue weighted by Crippen LogP contribution is 2.36. The van der Waals surface area contributed by atoms with Crippen molar-refractivity contribution in [3.63, 3.8) is 0 Å². The first-order chi connectivity index (χ1) is 13.9. The monoisotopic (exact) mass is 394 g/mol. The highest BCUT2D eigenvalue weighted by molar-refractivity contribution is 5.87. The average Bonchev–Trinajstić information content (AvgIpc) is 2.71. The minimum absolute atomic E-state index is 0.0922. The SMILES string of the molecule is COc1ccc(-c2oc3cc(C)cc(OC)c3c(=O)c2CC=C(C)C)cc1OC. The largest absolute Gasteiger partial charge is 0.496 e. The number of hydrogen-bond donors (Lipinski definition) is 0. The Labute approximate surface area is 170 Å². The van der Waals surface area contributed by atoms with Crippen LogP contribution in [0.1, 0.15) is 25.0 Å². The van der Waals surface area contributed by atoms with Gasteiger partial charge in [0.25, 0.3) is 0 Å². The Morgan fingerprint density at radius 2 is 1.66 bits per heavy atom. The van der Waals surface area contributed by atoms with E-state index < -0.39 is 0 Å². The van der Waals surface area contributed by atoms with Gasteiger partial charge in [0.2, 0.25) is 5.43 Å². The van der Waals surface area contributed by atoms with E-state index in [9.17, 15) is 4.79 Å². The fraction of sp³-hybridized carbons (Fsp3) is 0.292. The molecule has 0 atom stereocenters. The van der Waals surface area contributed by atoms with Crippen LogP contribution in [0, 0.1) is 6.92 Å². The maximum atomic E-state index is 13.5. The zero-order chi connectivity index (χ0) is 21.1. The fourth-order valence-corrected chi connectivity index (χ4v) is 3.31. The zero-order valence-corrected chi connectivity index (χ0v) is 17.7. The van der Waals surface area contributed by atoms with Gasteiger partial charge in [0.1, 0.15) is 22.5 Å². The van der Waals surface area contributed by atoms with Gasteiger partial charge in [-0.25, -0.2) is 0 Å². The van der Waals surface area contributed by atoms with Gasteiger partial charge < -0.3 is 18.6 Å². The van der Waals surface area contributed by atoms with Crippen molar-refractivity contribution in [2.75, 3.05) is 21.3 Å². The van der Waals surface area contributed by atoms with E-state index in [2.05, 4.69) is 0 Å². The van der Waals surface area contributed by atoms with Gasteiger partial charge in [-0.2, -0.15) is 0 Å². The van der Waals surface area contributed by atoms with Crippen molar-refractivity contribution < 1.29 is 18.6 Å². The smallest absolute Gasteiger partial charge is 0.200 e. The standard InChI is InChI=1S/C24H26O5/c1-14(2)7-9-17-23(25)22-20(28-6)11-15(3)12-21(22)29-24(17)16-8-10-18(26-4)19(13-16)27-5/h7-8,10-13H,9H2,1-6H3. The molecule has 0 unspecified atom stereocenters. The van der Waals surface area contributed by atoms with E-state index in [-0.39, 0.29) is 5.43 Å². The van der Waals surface area contributed by atoms with Crippen molar-refractivity contribution in [1.82, 2.24) is 0 Å². The molecule has 1 aromatic heterocycles. The van der Waals surface area contributed by atoms with E-state index in [4.69, 9.17) is 18.6 Å². The first kappa shape index (κ1) is 20.5. The van der Waals surface area contributed by atoms with Crippen LogP contribution >= 0.6 is 0 Å². The summed E-state index contributed by atoms with van der Waals surface area (Å²) in [6.45, 7) is 5.94.